The third kappa shape index (κ3) is 5.79. The Morgan fingerprint density at radius 3 is 2.59 bits per heavy atom. The average molecular weight is 571 g/mol. The number of carbonyl (C=O) groups excluding carboxylic acids is 1. The number of fused-ring (bicyclic) bond motifs is 1. The number of piperidine rings is 1. The third-order valence-corrected chi connectivity index (χ3v) is 7.29. The first kappa shape index (κ1) is 27.1. The minimum Gasteiger partial charge on any atom is -0.444 e. The number of ether oxygens (including phenoxy) is 1. The van der Waals surface area contributed by atoms with Crippen molar-refractivity contribution in [3.05, 3.63) is 70.5 Å². The van der Waals surface area contributed by atoms with Crippen LogP contribution in [-0.2, 0) is 4.74 Å². The SMILES string of the molecule is CC(=Nn1ccc2ncc(-c3cnn(C4CCN(C(=O)OC(C)(C)C)CC4)c3)cc21)c1c(Cl)ccc(F)c1Cl. The Kier molecular flexibility index (Phi) is 7.39. The van der Waals surface area contributed by atoms with E-state index in [0.717, 1.165) is 35.0 Å². The summed E-state index contributed by atoms with van der Waals surface area (Å²) in [5.74, 6) is -0.556. The molecule has 1 aliphatic heterocycles. The van der Waals surface area contributed by atoms with Gasteiger partial charge in [0, 0.05) is 48.4 Å². The molecule has 0 N–H and O–H groups in total. The van der Waals surface area contributed by atoms with Crippen LogP contribution in [0.4, 0.5) is 9.18 Å². The van der Waals surface area contributed by atoms with Gasteiger partial charge in [0.05, 0.1) is 39.0 Å². The molecule has 1 aliphatic rings. The number of rotatable bonds is 4. The largest absolute Gasteiger partial charge is 0.444 e. The van der Waals surface area contributed by atoms with Crippen molar-refractivity contribution >= 4 is 46.0 Å². The Hall–Kier alpha value is -3.43. The summed E-state index contributed by atoms with van der Waals surface area (Å²) in [7, 11) is 0. The molecule has 0 unspecified atom stereocenters. The number of pyridine rings is 1. The van der Waals surface area contributed by atoms with Crippen molar-refractivity contribution < 1.29 is 13.9 Å². The van der Waals surface area contributed by atoms with Crippen molar-refractivity contribution in [2.75, 3.05) is 13.1 Å². The maximum absolute atomic E-state index is 14.0. The van der Waals surface area contributed by atoms with Gasteiger partial charge < -0.3 is 9.64 Å². The number of carbonyl (C=O) groups is 1. The maximum atomic E-state index is 14.0. The van der Waals surface area contributed by atoms with E-state index in [-0.39, 0.29) is 17.2 Å². The van der Waals surface area contributed by atoms with E-state index in [1.165, 1.54) is 12.1 Å². The highest BCUT2D eigenvalue weighted by molar-refractivity contribution is 6.40. The summed E-state index contributed by atoms with van der Waals surface area (Å²) < 4.78 is 23.2. The summed E-state index contributed by atoms with van der Waals surface area (Å²) in [6.45, 7) is 8.58. The quantitative estimate of drug-likeness (QED) is 0.192. The Morgan fingerprint density at radius 2 is 1.87 bits per heavy atom. The molecular formula is C28H29Cl2FN6O2. The van der Waals surface area contributed by atoms with Gasteiger partial charge in [-0.1, -0.05) is 23.2 Å². The zero-order valence-corrected chi connectivity index (χ0v) is 23.7. The van der Waals surface area contributed by atoms with Crippen LogP contribution in [-0.4, -0.2) is 54.8 Å². The molecule has 1 amide bonds. The van der Waals surface area contributed by atoms with Crippen LogP contribution in [0.15, 0.2) is 54.2 Å². The Labute approximate surface area is 236 Å². The van der Waals surface area contributed by atoms with Gasteiger partial charge in [0.25, 0.3) is 0 Å². The summed E-state index contributed by atoms with van der Waals surface area (Å²) in [6, 6.07) is 6.72. The second kappa shape index (κ2) is 10.6. The Balaban J connectivity index is 1.35. The molecule has 11 heteroatoms. The minimum atomic E-state index is -0.556. The van der Waals surface area contributed by atoms with E-state index in [2.05, 4.69) is 15.2 Å². The average Bonchev–Trinajstić information content (AvgIpc) is 3.53. The molecule has 1 aromatic carbocycles. The van der Waals surface area contributed by atoms with Crippen LogP contribution in [0.1, 0.15) is 52.1 Å². The van der Waals surface area contributed by atoms with Crippen LogP contribution in [0.5, 0.6) is 0 Å². The van der Waals surface area contributed by atoms with E-state index >= 15 is 0 Å². The van der Waals surface area contributed by atoms with Gasteiger partial charge in [-0.25, -0.2) is 13.9 Å². The van der Waals surface area contributed by atoms with Crippen molar-refractivity contribution in [2.45, 2.75) is 52.2 Å². The van der Waals surface area contributed by atoms with Crippen molar-refractivity contribution in [3.8, 4) is 11.1 Å². The molecule has 1 saturated heterocycles. The van der Waals surface area contributed by atoms with Crippen LogP contribution in [0.25, 0.3) is 22.2 Å². The first-order valence-corrected chi connectivity index (χ1v) is 13.4. The molecule has 0 radical (unpaired) electrons. The standard InChI is InChI=1S/C28H29Cl2FN6O2/c1-17(25-21(29)5-6-22(31)26(25)30)34-36-12-9-23-24(36)13-18(14-32-23)19-15-33-37(16-19)20-7-10-35(11-8-20)27(38)39-28(2,3)4/h5-6,9,12-16,20H,7-8,10-11H2,1-4H3. The van der Waals surface area contributed by atoms with Crippen molar-refractivity contribution in [1.29, 1.82) is 0 Å². The molecule has 0 spiro atoms. The Bertz CT molecular complexity index is 1560. The summed E-state index contributed by atoms with van der Waals surface area (Å²) >= 11 is 12.5. The lowest BCUT2D eigenvalue weighted by Crippen LogP contribution is -2.42. The topological polar surface area (TPSA) is 77.5 Å². The molecule has 4 aromatic rings. The second-order valence-corrected chi connectivity index (χ2v) is 11.4. The molecule has 3 aromatic heterocycles. The lowest BCUT2D eigenvalue weighted by molar-refractivity contribution is 0.0185. The predicted molar refractivity (Wildman–Crippen MR) is 151 cm³/mol. The van der Waals surface area contributed by atoms with Gasteiger partial charge in [0.15, 0.2) is 0 Å². The van der Waals surface area contributed by atoms with Gasteiger partial charge in [-0.15, -0.1) is 0 Å². The molecule has 1 fully saturated rings. The van der Waals surface area contributed by atoms with Gasteiger partial charge in [-0.2, -0.15) is 10.2 Å². The third-order valence-electron chi connectivity index (χ3n) is 6.61. The van der Waals surface area contributed by atoms with Crippen LogP contribution < -0.4 is 0 Å². The summed E-state index contributed by atoms with van der Waals surface area (Å²) in [6.07, 6.45) is 8.72. The van der Waals surface area contributed by atoms with Gasteiger partial charge in [0.1, 0.15) is 11.4 Å². The van der Waals surface area contributed by atoms with Gasteiger partial charge in [-0.3, -0.25) is 9.67 Å². The molecule has 39 heavy (non-hydrogen) atoms. The van der Waals surface area contributed by atoms with E-state index in [1.807, 2.05) is 50.0 Å². The van der Waals surface area contributed by atoms with Crippen LogP contribution in [0.2, 0.25) is 10.0 Å². The van der Waals surface area contributed by atoms with Gasteiger partial charge in [0.2, 0.25) is 0 Å². The molecule has 204 valence electrons. The van der Waals surface area contributed by atoms with E-state index in [4.69, 9.17) is 27.9 Å². The first-order chi connectivity index (χ1) is 18.5. The molecular weight excluding hydrogens is 542 g/mol. The number of benzene rings is 1. The molecule has 0 bridgehead atoms. The van der Waals surface area contributed by atoms with Crippen molar-refractivity contribution in [3.63, 3.8) is 0 Å². The van der Waals surface area contributed by atoms with Gasteiger partial charge >= 0.3 is 6.09 Å². The molecule has 0 saturated carbocycles. The van der Waals surface area contributed by atoms with Crippen LogP contribution >= 0.6 is 23.2 Å². The fraction of sp³-hybridized carbons (Fsp3) is 0.357. The molecule has 0 aliphatic carbocycles. The summed E-state index contributed by atoms with van der Waals surface area (Å²) in [5.41, 5.74) is 3.64. The molecule has 4 heterocycles. The molecule has 8 nitrogen and oxygen atoms in total. The number of hydrogen-bond acceptors (Lipinski definition) is 5. The van der Waals surface area contributed by atoms with Crippen molar-refractivity contribution in [1.82, 2.24) is 24.3 Å². The smallest absolute Gasteiger partial charge is 0.410 e. The molecule has 5 rings (SSSR count). The number of aromatic nitrogens is 4. The van der Waals surface area contributed by atoms with Crippen LogP contribution in [0, 0.1) is 5.82 Å². The Morgan fingerprint density at radius 1 is 1.13 bits per heavy atom. The van der Waals surface area contributed by atoms with Gasteiger partial charge in [-0.05, 0) is 64.8 Å². The fourth-order valence-corrected chi connectivity index (χ4v) is 5.28. The normalized spacial score (nSPS) is 15.3. The highest BCUT2D eigenvalue weighted by Gasteiger charge is 2.28. The van der Waals surface area contributed by atoms with E-state index in [0.29, 0.717) is 29.4 Å². The zero-order valence-electron chi connectivity index (χ0n) is 22.2. The maximum Gasteiger partial charge on any atom is 0.410 e. The summed E-state index contributed by atoms with van der Waals surface area (Å²) in [4.78, 5) is 18.7. The minimum absolute atomic E-state index is 0.0663. The number of amides is 1. The van der Waals surface area contributed by atoms with Crippen LogP contribution in [0.3, 0.4) is 0 Å². The fourth-order valence-electron chi connectivity index (χ4n) is 4.64. The summed E-state index contributed by atoms with van der Waals surface area (Å²) in [5, 5.41) is 9.49. The highest BCUT2D eigenvalue weighted by atomic mass is 35.5. The van der Waals surface area contributed by atoms with E-state index < -0.39 is 11.4 Å². The predicted octanol–water partition coefficient (Wildman–Crippen LogP) is 7.19. The van der Waals surface area contributed by atoms with Crippen molar-refractivity contribution in [2.24, 2.45) is 5.10 Å². The monoisotopic (exact) mass is 570 g/mol. The zero-order chi connectivity index (χ0) is 27.9. The first-order valence-electron chi connectivity index (χ1n) is 12.7. The lowest BCUT2D eigenvalue weighted by atomic mass is 10.1. The number of halogens is 3. The number of likely N-dealkylation sites (tertiary alicyclic amines) is 1. The number of hydrogen-bond donors (Lipinski definition) is 0. The number of nitrogens with zero attached hydrogens (tertiary/aromatic N) is 6. The second-order valence-electron chi connectivity index (χ2n) is 10.6. The molecule has 0 atom stereocenters. The lowest BCUT2D eigenvalue weighted by Gasteiger charge is -2.33. The van der Waals surface area contributed by atoms with E-state index in [9.17, 15) is 9.18 Å². The highest BCUT2D eigenvalue weighted by Crippen LogP contribution is 2.30. The van der Waals surface area contributed by atoms with E-state index in [1.54, 1.807) is 28.9 Å².